The molecule has 0 spiro atoms. The first-order chi connectivity index (χ1) is 10.4. The van der Waals surface area contributed by atoms with E-state index in [1.54, 1.807) is 18.2 Å². The number of hydrogen-bond acceptors (Lipinski definition) is 5. The Morgan fingerprint density at radius 3 is 2.68 bits per heavy atom. The summed E-state index contributed by atoms with van der Waals surface area (Å²) in [5.41, 5.74) is 0.468. The SMILES string of the molecule is CS(=O)(=O)N1CCCN(c2nc3ccccc3c(=O)[nH]2)CC1. The van der Waals surface area contributed by atoms with Gasteiger partial charge in [-0.2, -0.15) is 0 Å². The summed E-state index contributed by atoms with van der Waals surface area (Å²) in [4.78, 5) is 21.3. The highest BCUT2D eigenvalue weighted by atomic mass is 32.2. The van der Waals surface area contributed by atoms with E-state index in [4.69, 9.17) is 0 Å². The Kier molecular flexibility index (Phi) is 3.88. The van der Waals surface area contributed by atoms with E-state index in [2.05, 4.69) is 9.97 Å². The number of benzene rings is 1. The minimum atomic E-state index is -3.18. The Bertz CT molecular complexity index is 847. The fourth-order valence-electron chi connectivity index (χ4n) is 2.66. The van der Waals surface area contributed by atoms with Gasteiger partial charge in [0.15, 0.2) is 0 Å². The zero-order valence-electron chi connectivity index (χ0n) is 12.3. The van der Waals surface area contributed by atoms with Gasteiger partial charge in [0.05, 0.1) is 17.2 Å². The van der Waals surface area contributed by atoms with Gasteiger partial charge in [-0.25, -0.2) is 17.7 Å². The second-order valence-corrected chi connectivity index (χ2v) is 7.39. The monoisotopic (exact) mass is 322 g/mol. The molecular formula is C14H18N4O3S. The summed E-state index contributed by atoms with van der Waals surface area (Å²) in [5.74, 6) is 0.499. The minimum absolute atomic E-state index is 0.176. The van der Waals surface area contributed by atoms with Crippen molar-refractivity contribution in [3.05, 3.63) is 34.6 Å². The zero-order chi connectivity index (χ0) is 15.7. The number of hydrogen-bond donors (Lipinski definition) is 1. The van der Waals surface area contributed by atoms with Crippen molar-refractivity contribution >= 4 is 26.9 Å². The molecule has 2 aromatic rings. The number of sulfonamides is 1. The van der Waals surface area contributed by atoms with Gasteiger partial charge >= 0.3 is 0 Å². The smallest absolute Gasteiger partial charge is 0.260 e. The Hall–Kier alpha value is -1.93. The molecular weight excluding hydrogens is 304 g/mol. The van der Waals surface area contributed by atoms with E-state index in [1.807, 2.05) is 11.0 Å². The van der Waals surface area contributed by atoms with Gasteiger partial charge in [0.2, 0.25) is 16.0 Å². The molecule has 0 amide bonds. The summed E-state index contributed by atoms with van der Waals surface area (Å²) in [6, 6.07) is 7.18. The number of aromatic amines is 1. The predicted octanol–water partition coefficient (Wildman–Crippen LogP) is 0.395. The van der Waals surface area contributed by atoms with Gasteiger partial charge in [0.1, 0.15) is 0 Å². The maximum Gasteiger partial charge on any atom is 0.260 e. The molecule has 1 N–H and O–H groups in total. The fourth-order valence-corrected chi connectivity index (χ4v) is 3.54. The quantitative estimate of drug-likeness (QED) is 0.864. The average molecular weight is 322 g/mol. The van der Waals surface area contributed by atoms with Crippen molar-refractivity contribution in [1.82, 2.24) is 14.3 Å². The zero-order valence-corrected chi connectivity index (χ0v) is 13.1. The van der Waals surface area contributed by atoms with Crippen molar-refractivity contribution in [1.29, 1.82) is 0 Å². The van der Waals surface area contributed by atoms with Gasteiger partial charge in [-0.3, -0.25) is 9.78 Å². The lowest BCUT2D eigenvalue weighted by atomic mass is 10.2. The average Bonchev–Trinajstić information content (AvgIpc) is 2.73. The molecule has 118 valence electrons. The standard InChI is InChI=1S/C14H18N4O3S/c1-22(20,21)18-8-4-7-17(9-10-18)14-15-12-6-3-2-5-11(12)13(19)16-14/h2-3,5-6H,4,7-10H2,1H3,(H,15,16,19). The van der Waals surface area contributed by atoms with Crippen molar-refractivity contribution in [3.63, 3.8) is 0 Å². The van der Waals surface area contributed by atoms with Crippen LogP contribution in [0.2, 0.25) is 0 Å². The molecule has 1 aliphatic rings. The van der Waals surface area contributed by atoms with Crippen molar-refractivity contribution < 1.29 is 8.42 Å². The maximum atomic E-state index is 12.1. The van der Waals surface area contributed by atoms with Gasteiger partial charge in [0, 0.05) is 26.2 Å². The number of H-pyrrole nitrogens is 1. The van der Waals surface area contributed by atoms with Crippen LogP contribution in [0.5, 0.6) is 0 Å². The summed E-state index contributed by atoms with van der Waals surface area (Å²) < 4.78 is 24.8. The second-order valence-electron chi connectivity index (χ2n) is 5.41. The summed E-state index contributed by atoms with van der Waals surface area (Å²) >= 11 is 0. The Labute approximate surface area is 128 Å². The first kappa shape index (κ1) is 15.0. The summed E-state index contributed by atoms with van der Waals surface area (Å²) in [7, 11) is -3.18. The molecule has 1 aromatic carbocycles. The van der Waals surface area contributed by atoms with Crippen molar-refractivity contribution in [2.24, 2.45) is 0 Å². The van der Waals surface area contributed by atoms with Crippen LogP contribution in [-0.2, 0) is 10.0 Å². The molecule has 0 radical (unpaired) electrons. The molecule has 3 rings (SSSR count). The highest BCUT2D eigenvalue weighted by Crippen LogP contribution is 2.14. The van der Waals surface area contributed by atoms with Crippen LogP contribution in [0.4, 0.5) is 5.95 Å². The molecule has 0 atom stereocenters. The maximum absolute atomic E-state index is 12.1. The van der Waals surface area contributed by atoms with Crippen molar-refractivity contribution in [2.45, 2.75) is 6.42 Å². The molecule has 2 heterocycles. The number of para-hydroxylation sites is 1. The van der Waals surface area contributed by atoms with Crippen molar-refractivity contribution in [3.8, 4) is 0 Å². The van der Waals surface area contributed by atoms with Crippen LogP contribution in [0, 0.1) is 0 Å². The Balaban J connectivity index is 1.90. The van der Waals surface area contributed by atoms with Crippen LogP contribution >= 0.6 is 0 Å². The Morgan fingerprint density at radius 1 is 1.14 bits per heavy atom. The van der Waals surface area contributed by atoms with Crippen LogP contribution in [0.1, 0.15) is 6.42 Å². The number of anilines is 1. The number of nitrogens with zero attached hydrogens (tertiary/aromatic N) is 3. The van der Waals surface area contributed by atoms with E-state index in [-0.39, 0.29) is 5.56 Å². The number of rotatable bonds is 2. The van der Waals surface area contributed by atoms with Crippen LogP contribution < -0.4 is 10.5 Å². The minimum Gasteiger partial charge on any atom is -0.341 e. The second kappa shape index (κ2) is 5.69. The molecule has 7 nitrogen and oxygen atoms in total. The highest BCUT2D eigenvalue weighted by molar-refractivity contribution is 7.88. The lowest BCUT2D eigenvalue weighted by Gasteiger charge is -2.21. The molecule has 8 heteroatoms. The van der Waals surface area contributed by atoms with Gasteiger partial charge < -0.3 is 4.90 Å². The van der Waals surface area contributed by atoms with Crippen LogP contribution in [0.25, 0.3) is 10.9 Å². The lowest BCUT2D eigenvalue weighted by Crippen LogP contribution is -2.35. The van der Waals surface area contributed by atoms with Crippen molar-refractivity contribution in [2.75, 3.05) is 37.3 Å². The van der Waals surface area contributed by atoms with Crippen LogP contribution in [0.15, 0.2) is 29.1 Å². The normalized spacial score (nSPS) is 17.6. The lowest BCUT2D eigenvalue weighted by molar-refractivity contribution is 0.437. The molecule has 0 bridgehead atoms. The third-order valence-corrected chi connectivity index (χ3v) is 5.13. The number of aromatic nitrogens is 2. The number of fused-ring (bicyclic) bond motifs is 1. The molecule has 0 saturated carbocycles. The summed E-state index contributed by atoms with van der Waals surface area (Å²) in [6.45, 7) is 2.06. The van der Waals surface area contributed by atoms with Gasteiger partial charge in [-0.15, -0.1) is 0 Å². The van der Waals surface area contributed by atoms with Gasteiger partial charge in [0.25, 0.3) is 5.56 Å². The Morgan fingerprint density at radius 2 is 1.91 bits per heavy atom. The molecule has 1 aromatic heterocycles. The molecule has 0 aliphatic carbocycles. The van der Waals surface area contributed by atoms with Crippen LogP contribution in [-0.4, -0.2) is 55.1 Å². The summed E-state index contributed by atoms with van der Waals surface area (Å²) in [6.07, 6.45) is 1.92. The predicted molar refractivity (Wildman–Crippen MR) is 85.6 cm³/mol. The molecule has 22 heavy (non-hydrogen) atoms. The molecule has 1 saturated heterocycles. The fraction of sp³-hybridized carbons (Fsp3) is 0.429. The topological polar surface area (TPSA) is 86.4 Å². The van der Waals surface area contributed by atoms with Gasteiger partial charge in [-0.05, 0) is 18.6 Å². The summed E-state index contributed by atoms with van der Waals surface area (Å²) in [5, 5.41) is 0.554. The van der Waals surface area contributed by atoms with E-state index in [9.17, 15) is 13.2 Å². The first-order valence-electron chi connectivity index (χ1n) is 7.14. The molecule has 1 fully saturated rings. The van der Waals surface area contributed by atoms with E-state index >= 15 is 0 Å². The van der Waals surface area contributed by atoms with E-state index < -0.39 is 10.0 Å². The number of nitrogens with one attached hydrogen (secondary N) is 1. The van der Waals surface area contributed by atoms with E-state index in [1.165, 1.54) is 10.6 Å². The van der Waals surface area contributed by atoms with E-state index in [0.29, 0.717) is 49.5 Å². The third-order valence-electron chi connectivity index (χ3n) is 3.82. The van der Waals surface area contributed by atoms with E-state index in [0.717, 1.165) is 0 Å². The third kappa shape index (κ3) is 2.97. The highest BCUT2D eigenvalue weighted by Gasteiger charge is 2.22. The molecule has 0 unspecified atom stereocenters. The largest absolute Gasteiger partial charge is 0.341 e. The molecule has 1 aliphatic heterocycles. The first-order valence-corrected chi connectivity index (χ1v) is 8.99. The van der Waals surface area contributed by atoms with Gasteiger partial charge in [-0.1, -0.05) is 12.1 Å². The van der Waals surface area contributed by atoms with Crippen LogP contribution in [0.3, 0.4) is 0 Å².